The number of thiophene rings is 1. The fourth-order valence-electron chi connectivity index (χ4n) is 2.74. The molecule has 0 saturated heterocycles. The van der Waals surface area contributed by atoms with Gasteiger partial charge in [0.05, 0.1) is 9.21 Å². The van der Waals surface area contributed by atoms with Gasteiger partial charge in [0, 0.05) is 23.7 Å². The molecule has 0 bridgehead atoms. The van der Waals surface area contributed by atoms with Crippen LogP contribution in [0.5, 0.6) is 0 Å². The molecule has 27 heavy (non-hydrogen) atoms. The standard InChI is InChI=1S/C19H18ClN3O3S/c1-10-2-3-11(18(24)21-12-4-5-12)8-13(10)22-19(25)15-9-14(23-26-15)16-6-7-17(20)27-16/h2-3,6-8,12,15H,4-5,9H2,1H3,(H,21,24)(H,22,25). The van der Waals surface area contributed by atoms with Gasteiger partial charge in [-0.1, -0.05) is 22.8 Å². The van der Waals surface area contributed by atoms with Gasteiger partial charge < -0.3 is 15.5 Å². The van der Waals surface area contributed by atoms with Gasteiger partial charge in [-0.3, -0.25) is 9.59 Å². The maximum Gasteiger partial charge on any atom is 0.268 e. The number of nitrogens with one attached hydrogen (secondary N) is 2. The molecular weight excluding hydrogens is 386 g/mol. The fraction of sp³-hybridized carbons (Fsp3) is 0.316. The second kappa shape index (κ2) is 7.32. The molecule has 2 aliphatic rings. The van der Waals surface area contributed by atoms with E-state index in [1.54, 1.807) is 18.2 Å². The van der Waals surface area contributed by atoms with Crippen LogP contribution in [0.3, 0.4) is 0 Å². The number of rotatable bonds is 5. The second-order valence-corrected chi connectivity index (χ2v) is 8.42. The molecule has 1 unspecified atom stereocenters. The van der Waals surface area contributed by atoms with Gasteiger partial charge in [0.15, 0.2) is 0 Å². The molecule has 140 valence electrons. The molecule has 1 aliphatic carbocycles. The maximum atomic E-state index is 12.6. The number of anilines is 1. The van der Waals surface area contributed by atoms with Crippen LogP contribution in [-0.4, -0.2) is 29.7 Å². The average Bonchev–Trinajstić information content (AvgIpc) is 3.14. The molecule has 6 nitrogen and oxygen atoms in total. The minimum Gasteiger partial charge on any atom is -0.382 e. The van der Waals surface area contributed by atoms with Crippen molar-refractivity contribution in [1.29, 1.82) is 0 Å². The lowest BCUT2D eigenvalue weighted by Gasteiger charge is -2.13. The molecule has 2 heterocycles. The first-order valence-corrected chi connectivity index (χ1v) is 9.90. The van der Waals surface area contributed by atoms with Gasteiger partial charge in [0.1, 0.15) is 5.71 Å². The molecular formula is C19H18ClN3O3S. The zero-order chi connectivity index (χ0) is 19.0. The van der Waals surface area contributed by atoms with E-state index in [-0.39, 0.29) is 17.9 Å². The Morgan fingerprint density at radius 3 is 2.78 bits per heavy atom. The first kappa shape index (κ1) is 18.0. The van der Waals surface area contributed by atoms with Gasteiger partial charge in [-0.25, -0.2) is 0 Å². The maximum absolute atomic E-state index is 12.6. The summed E-state index contributed by atoms with van der Waals surface area (Å²) in [4.78, 5) is 31.0. The average molecular weight is 404 g/mol. The molecule has 8 heteroatoms. The van der Waals surface area contributed by atoms with Crippen LogP contribution < -0.4 is 10.6 Å². The highest BCUT2D eigenvalue weighted by molar-refractivity contribution is 7.18. The van der Waals surface area contributed by atoms with Crippen LogP contribution in [0.15, 0.2) is 35.5 Å². The van der Waals surface area contributed by atoms with E-state index in [0.717, 1.165) is 23.3 Å². The molecule has 1 fully saturated rings. The number of hydrogen-bond donors (Lipinski definition) is 2. The molecule has 1 atom stereocenters. The van der Waals surface area contributed by atoms with Crippen LogP contribution >= 0.6 is 22.9 Å². The normalized spacial score (nSPS) is 18.6. The second-order valence-electron chi connectivity index (χ2n) is 6.71. The van der Waals surface area contributed by atoms with Crippen molar-refractivity contribution in [2.75, 3.05) is 5.32 Å². The minimum atomic E-state index is -0.704. The fourth-order valence-corrected chi connectivity index (χ4v) is 3.77. The molecule has 1 aromatic carbocycles. The number of oxime groups is 1. The Kier molecular flexibility index (Phi) is 4.88. The number of nitrogens with zero attached hydrogens (tertiary/aromatic N) is 1. The topological polar surface area (TPSA) is 79.8 Å². The van der Waals surface area contributed by atoms with Crippen molar-refractivity contribution >= 4 is 46.2 Å². The third-order valence-corrected chi connectivity index (χ3v) is 5.77. The molecule has 0 radical (unpaired) electrons. The summed E-state index contributed by atoms with van der Waals surface area (Å²) in [6, 6.07) is 9.21. The van der Waals surface area contributed by atoms with Gasteiger partial charge in [-0.15, -0.1) is 11.3 Å². The molecule has 1 aliphatic heterocycles. The summed E-state index contributed by atoms with van der Waals surface area (Å²) in [6.45, 7) is 1.88. The highest BCUT2D eigenvalue weighted by atomic mass is 35.5. The summed E-state index contributed by atoms with van der Waals surface area (Å²) in [6.07, 6.45) is 1.73. The van der Waals surface area contributed by atoms with Crippen molar-refractivity contribution in [3.8, 4) is 0 Å². The van der Waals surface area contributed by atoms with Crippen LogP contribution in [0.4, 0.5) is 5.69 Å². The van der Waals surface area contributed by atoms with Crippen molar-refractivity contribution in [3.63, 3.8) is 0 Å². The summed E-state index contributed by atoms with van der Waals surface area (Å²) in [5, 5.41) is 9.82. The van der Waals surface area contributed by atoms with E-state index in [2.05, 4.69) is 15.8 Å². The number of carbonyl (C=O) groups is 2. The van der Waals surface area contributed by atoms with Crippen molar-refractivity contribution < 1.29 is 14.4 Å². The van der Waals surface area contributed by atoms with Gasteiger partial charge in [-0.2, -0.15) is 0 Å². The summed E-state index contributed by atoms with van der Waals surface area (Å²) in [5.74, 6) is -0.412. The Labute approximate surface area is 165 Å². The first-order valence-electron chi connectivity index (χ1n) is 8.70. The Bertz CT molecular complexity index is 936. The number of hydrogen-bond acceptors (Lipinski definition) is 5. The predicted octanol–water partition coefficient (Wildman–Crippen LogP) is 3.73. The first-order chi connectivity index (χ1) is 13.0. The SMILES string of the molecule is Cc1ccc(C(=O)NC2CC2)cc1NC(=O)C1CC(c2ccc(Cl)s2)=NO1. The number of benzene rings is 1. The number of halogens is 1. The van der Waals surface area contributed by atoms with Crippen LogP contribution in [-0.2, 0) is 9.63 Å². The largest absolute Gasteiger partial charge is 0.382 e. The van der Waals surface area contributed by atoms with E-state index in [9.17, 15) is 9.59 Å². The van der Waals surface area contributed by atoms with E-state index >= 15 is 0 Å². The van der Waals surface area contributed by atoms with Crippen LogP contribution in [0.1, 0.15) is 40.1 Å². The highest BCUT2D eigenvalue weighted by Crippen LogP contribution is 2.27. The minimum absolute atomic E-state index is 0.120. The van der Waals surface area contributed by atoms with Crippen molar-refractivity contribution in [3.05, 3.63) is 50.7 Å². The molecule has 1 aromatic heterocycles. The van der Waals surface area contributed by atoms with Gasteiger partial charge >= 0.3 is 0 Å². The van der Waals surface area contributed by atoms with Crippen molar-refractivity contribution in [2.24, 2.45) is 5.16 Å². The van der Waals surface area contributed by atoms with Gasteiger partial charge in [0.25, 0.3) is 11.8 Å². The van der Waals surface area contributed by atoms with E-state index < -0.39 is 6.10 Å². The Hall–Kier alpha value is -2.38. The van der Waals surface area contributed by atoms with Gasteiger partial charge in [-0.05, 0) is 49.6 Å². The third kappa shape index (κ3) is 4.14. The summed E-state index contributed by atoms with van der Waals surface area (Å²) >= 11 is 7.35. The third-order valence-electron chi connectivity index (χ3n) is 4.49. The lowest BCUT2D eigenvalue weighted by Crippen LogP contribution is -2.29. The number of amides is 2. The van der Waals surface area contributed by atoms with Crippen LogP contribution in [0, 0.1) is 6.92 Å². The monoisotopic (exact) mass is 403 g/mol. The van der Waals surface area contributed by atoms with E-state index in [1.165, 1.54) is 11.3 Å². The Morgan fingerprint density at radius 1 is 1.26 bits per heavy atom. The smallest absolute Gasteiger partial charge is 0.268 e. The molecule has 2 aromatic rings. The Morgan fingerprint density at radius 2 is 2.07 bits per heavy atom. The Balaban J connectivity index is 1.41. The van der Waals surface area contributed by atoms with Crippen molar-refractivity contribution in [1.82, 2.24) is 5.32 Å². The van der Waals surface area contributed by atoms with Crippen molar-refractivity contribution in [2.45, 2.75) is 38.3 Å². The lowest BCUT2D eigenvalue weighted by atomic mass is 10.1. The zero-order valence-corrected chi connectivity index (χ0v) is 16.2. The van der Waals surface area contributed by atoms with Gasteiger partial charge in [0.2, 0.25) is 6.10 Å². The zero-order valence-electron chi connectivity index (χ0n) is 14.6. The number of carbonyl (C=O) groups excluding carboxylic acids is 2. The summed E-state index contributed by atoms with van der Waals surface area (Å²) in [7, 11) is 0. The van der Waals surface area contributed by atoms with E-state index in [0.29, 0.717) is 27.7 Å². The highest BCUT2D eigenvalue weighted by Gasteiger charge is 2.30. The molecule has 2 N–H and O–H groups in total. The predicted molar refractivity (Wildman–Crippen MR) is 106 cm³/mol. The van der Waals surface area contributed by atoms with Crippen LogP contribution in [0.25, 0.3) is 0 Å². The van der Waals surface area contributed by atoms with E-state index in [1.807, 2.05) is 19.1 Å². The number of aryl methyl sites for hydroxylation is 1. The van der Waals surface area contributed by atoms with Crippen LogP contribution in [0.2, 0.25) is 4.34 Å². The quantitative estimate of drug-likeness (QED) is 0.798. The summed E-state index contributed by atoms with van der Waals surface area (Å²) in [5.41, 5.74) is 2.71. The lowest BCUT2D eigenvalue weighted by molar-refractivity contribution is -0.125. The molecule has 2 amide bonds. The van der Waals surface area contributed by atoms with E-state index in [4.69, 9.17) is 16.4 Å². The summed E-state index contributed by atoms with van der Waals surface area (Å²) < 4.78 is 0.664. The molecule has 4 rings (SSSR count). The molecule has 0 spiro atoms. The molecule has 1 saturated carbocycles.